The fraction of sp³-hybridized carbons (Fsp3) is 0.368. The van der Waals surface area contributed by atoms with Gasteiger partial charge >= 0.3 is 6.18 Å². The van der Waals surface area contributed by atoms with Gasteiger partial charge in [-0.1, -0.05) is 0 Å². The van der Waals surface area contributed by atoms with Gasteiger partial charge in [-0.3, -0.25) is 9.78 Å². The Bertz CT molecular complexity index is 1090. The van der Waals surface area contributed by atoms with Crippen molar-refractivity contribution in [1.82, 2.24) is 9.97 Å². The molecule has 1 aromatic carbocycles. The molecule has 1 amide bonds. The Labute approximate surface area is 181 Å². The van der Waals surface area contributed by atoms with Crippen molar-refractivity contribution < 1.29 is 40.6 Å². The zero-order chi connectivity index (χ0) is 24.0. The first-order valence-corrected chi connectivity index (χ1v) is 9.39. The second kappa shape index (κ2) is 8.17. The maximum absolute atomic E-state index is 14.8. The molecule has 3 N–H and O–H groups in total. The predicted octanol–water partition coefficient (Wildman–Crippen LogP) is 2.92. The number of aromatic nitrogens is 2. The molecule has 1 saturated heterocycles. The lowest BCUT2D eigenvalue weighted by molar-refractivity contribution is -0.219. The highest BCUT2D eigenvalue weighted by atomic mass is 19.4. The van der Waals surface area contributed by atoms with Crippen LogP contribution in [-0.4, -0.2) is 47.4 Å². The van der Waals surface area contributed by atoms with E-state index < -0.39 is 66.8 Å². The summed E-state index contributed by atoms with van der Waals surface area (Å²) in [7, 11) is 0. The second-order valence-corrected chi connectivity index (χ2v) is 7.34. The molecule has 2 aliphatic rings. The first-order valence-electron chi connectivity index (χ1n) is 9.39. The molecule has 2 aliphatic heterocycles. The lowest BCUT2D eigenvalue weighted by atomic mass is 9.77. The molecule has 1 unspecified atom stereocenters. The normalized spacial score (nSPS) is 24.8. The highest BCUT2D eigenvalue weighted by Gasteiger charge is 2.62. The Morgan fingerprint density at radius 1 is 1.24 bits per heavy atom. The van der Waals surface area contributed by atoms with Gasteiger partial charge in [0.25, 0.3) is 18.4 Å². The van der Waals surface area contributed by atoms with Gasteiger partial charge in [0.2, 0.25) is 0 Å². The summed E-state index contributed by atoms with van der Waals surface area (Å²) in [6.45, 7) is -1.14. The molecule has 0 saturated carbocycles. The lowest BCUT2D eigenvalue weighted by Gasteiger charge is -2.36. The molecule has 0 bridgehead atoms. The van der Waals surface area contributed by atoms with Crippen molar-refractivity contribution >= 4 is 17.6 Å². The van der Waals surface area contributed by atoms with Crippen molar-refractivity contribution in [2.24, 2.45) is 16.6 Å². The lowest BCUT2D eigenvalue weighted by Crippen LogP contribution is -2.48. The fourth-order valence-electron chi connectivity index (χ4n) is 3.79. The third-order valence-electron chi connectivity index (χ3n) is 5.32. The number of nitrogens with two attached hydrogens (primary N) is 1. The van der Waals surface area contributed by atoms with Gasteiger partial charge in [-0.25, -0.2) is 23.1 Å². The van der Waals surface area contributed by atoms with Crippen LogP contribution in [0.4, 0.5) is 32.0 Å². The van der Waals surface area contributed by atoms with E-state index in [-0.39, 0.29) is 16.9 Å². The van der Waals surface area contributed by atoms with Crippen LogP contribution in [0.3, 0.4) is 0 Å². The topological polar surface area (TPSA) is 112 Å². The number of ether oxygens (including phenoxy) is 2. The molecule has 0 radical (unpaired) electrons. The number of carbonyl (C=O) groups is 1. The standard InChI is InChI=1S/C19H15F6N5O3/c20-11-2-1-8(29-16(31)13-5-27-12(4-28-13)15(21)22)3-9(11)18-7-33-14(19(23,24)25)10(18)6-32-17(26)30-18/h1-5,10,14-15H,6-7H2,(H2,26,30)(H,29,31)/t10-,14+,18?/m1/s1. The van der Waals surface area contributed by atoms with Gasteiger partial charge in [-0.2, -0.15) is 13.2 Å². The quantitative estimate of drug-likeness (QED) is 0.658. The van der Waals surface area contributed by atoms with Crippen LogP contribution >= 0.6 is 0 Å². The minimum absolute atomic E-state index is 0.0139. The number of benzene rings is 1. The zero-order valence-corrected chi connectivity index (χ0v) is 16.4. The van der Waals surface area contributed by atoms with Crippen molar-refractivity contribution in [3.05, 3.63) is 53.4 Å². The number of amidine groups is 1. The number of nitrogens with one attached hydrogen (secondary N) is 1. The summed E-state index contributed by atoms with van der Waals surface area (Å²) < 4.78 is 90.3. The van der Waals surface area contributed by atoms with Crippen molar-refractivity contribution in [2.75, 3.05) is 18.5 Å². The average Bonchev–Trinajstić information content (AvgIpc) is 3.15. The number of hydrogen-bond acceptors (Lipinski definition) is 7. The van der Waals surface area contributed by atoms with Gasteiger partial charge in [0.05, 0.1) is 31.5 Å². The van der Waals surface area contributed by atoms with Gasteiger partial charge in [-0.15, -0.1) is 0 Å². The highest BCUT2D eigenvalue weighted by Crippen LogP contribution is 2.50. The molecule has 14 heteroatoms. The number of amides is 1. The van der Waals surface area contributed by atoms with Crippen LogP contribution in [0.1, 0.15) is 28.2 Å². The van der Waals surface area contributed by atoms with Gasteiger partial charge < -0.3 is 20.5 Å². The minimum Gasteiger partial charge on any atom is -0.465 e. The molecule has 4 rings (SSSR count). The van der Waals surface area contributed by atoms with Crippen molar-refractivity contribution in [3.63, 3.8) is 0 Å². The van der Waals surface area contributed by atoms with E-state index in [0.29, 0.717) is 0 Å². The maximum Gasteiger partial charge on any atom is 0.415 e. The van der Waals surface area contributed by atoms with Crippen molar-refractivity contribution in [3.8, 4) is 0 Å². The molecule has 2 aromatic rings. The molecule has 3 heterocycles. The Kier molecular flexibility index (Phi) is 5.64. The Hall–Kier alpha value is -3.42. The molecule has 8 nitrogen and oxygen atoms in total. The molecule has 0 spiro atoms. The number of anilines is 1. The first-order chi connectivity index (χ1) is 15.5. The van der Waals surface area contributed by atoms with E-state index >= 15 is 0 Å². The number of hydrogen-bond donors (Lipinski definition) is 2. The second-order valence-electron chi connectivity index (χ2n) is 7.34. The molecule has 0 aliphatic carbocycles. The predicted molar refractivity (Wildman–Crippen MR) is 99.9 cm³/mol. The van der Waals surface area contributed by atoms with Crippen LogP contribution in [-0.2, 0) is 15.0 Å². The van der Waals surface area contributed by atoms with Crippen molar-refractivity contribution in [2.45, 2.75) is 24.2 Å². The number of fused-ring (bicyclic) bond motifs is 1. The van der Waals surface area contributed by atoms with Crippen LogP contribution in [0.25, 0.3) is 0 Å². The highest BCUT2D eigenvalue weighted by molar-refractivity contribution is 6.02. The number of rotatable bonds is 4. The molecule has 1 aromatic heterocycles. The minimum atomic E-state index is -4.76. The third kappa shape index (κ3) is 4.17. The molecule has 176 valence electrons. The number of carbonyl (C=O) groups excluding carboxylic acids is 1. The summed E-state index contributed by atoms with van der Waals surface area (Å²) in [5.41, 5.74) is 2.49. The van der Waals surface area contributed by atoms with Crippen molar-refractivity contribution in [1.29, 1.82) is 0 Å². The Morgan fingerprint density at radius 3 is 2.64 bits per heavy atom. The monoisotopic (exact) mass is 475 g/mol. The van der Waals surface area contributed by atoms with Crippen LogP contribution < -0.4 is 11.1 Å². The molecular formula is C19H15F6N5O3. The maximum atomic E-state index is 14.8. The summed E-state index contributed by atoms with van der Waals surface area (Å²) >= 11 is 0. The fourth-order valence-corrected chi connectivity index (χ4v) is 3.79. The van der Waals surface area contributed by atoms with Gasteiger partial charge in [0.15, 0.2) is 6.10 Å². The number of nitrogens with zero attached hydrogens (tertiary/aromatic N) is 3. The van der Waals surface area contributed by atoms with Gasteiger partial charge in [0.1, 0.15) is 22.7 Å². The molecule has 3 atom stereocenters. The Morgan fingerprint density at radius 2 is 2.00 bits per heavy atom. The number of aliphatic imine (C=N–C) groups is 1. The summed E-state index contributed by atoms with van der Waals surface area (Å²) in [6, 6.07) is 2.77. The molecule has 1 fully saturated rings. The summed E-state index contributed by atoms with van der Waals surface area (Å²) in [6.07, 6.45) is -8.34. The van der Waals surface area contributed by atoms with Crippen LogP contribution in [0.2, 0.25) is 0 Å². The van der Waals surface area contributed by atoms with E-state index in [0.717, 1.165) is 30.6 Å². The van der Waals surface area contributed by atoms with E-state index in [9.17, 15) is 31.1 Å². The van der Waals surface area contributed by atoms with Gasteiger partial charge in [0, 0.05) is 11.3 Å². The third-order valence-corrected chi connectivity index (χ3v) is 5.32. The largest absolute Gasteiger partial charge is 0.465 e. The van der Waals surface area contributed by atoms with E-state index in [1.165, 1.54) is 0 Å². The average molecular weight is 475 g/mol. The zero-order valence-electron chi connectivity index (χ0n) is 16.4. The van der Waals surface area contributed by atoms with E-state index in [2.05, 4.69) is 20.3 Å². The van der Waals surface area contributed by atoms with Crippen LogP contribution in [0.15, 0.2) is 35.6 Å². The Balaban J connectivity index is 1.66. The molecular weight excluding hydrogens is 460 g/mol. The number of halogens is 6. The summed E-state index contributed by atoms with van der Waals surface area (Å²) in [5, 5.41) is 2.37. The van der Waals surface area contributed by atoms with E-state index in [1.807, 2.05) is 0 Å². The molecule has 33 heavy (non-hydrogen) atoms. The van der Waals surface area contributed by atoms with E-state index in [1.54, 1.807) is 0 Å². The van der Waals surface area contributed by atoms with Crippen LogP contribution in [0.5, 0.6) is 0 Å². The summed E-state index contributed by atoms with van der Waals surface area (Å²) in [4.78, 5) is 23.4. The van der Waals surface area contributed by atoms with Gasteiger partial charge in [-0.05, 0) is 18.2 Å². The smallest absolute Gasteiger partial charge is 0.415 e. The first kappa shape index (κ1) is 22.8. The van der Waals surface area contributed by atoms with Crippen LogP contribution in [0, 0.1) is 11.7 Å². The number of alkyl halides is 5. The van der Waals surface area contributed by atoms with E-state index in [4.69, 9.17) is 15.2 Å². The summed E-state index contributed by atoms with van der Waals surface area (Å²) in [5.74, 6) is -3.19. The SMILES string of the molecule is NC1=NC2(c3cc(NC(=O)c4cnc(C(F)F)cn4)ccc3F)CO[C@H](C(F)(F)F)[C@H]2CO1.